The van der Waals surface area contributed by atoms with Crippen molar-refractivity contribution in [2.75, 3.05) is 4.90 Å². The first-order chi connectivity index (χ1) is 16.4. The highest BCUT2D eigenvalue weighted by Crippen LogP contribution is 2.34. The minimum atomic E-state index is -0.613. The second kappa shape index (κ2) is 8.25. The van der Waals surface area contributed by atoms with Crippen LogP contribution in [-0.4, -0.2) is 22.4 Å². The minimum Gasteiger partial charge on any atom is -0.366 e. The van der Waals surface area contributed by atoms with Crippen molar-refractivity contribution < 1.29 is 14.5 Å². The molecular formula is C26H18N4O4. The van der Waals surface area contributed by atoms with Crippen LogP contribution in [0.2, 0.25) is 0 Å². The fourth-order valence-electron chi connectivity index (χ4n) is 4.03. The number of aliphatic imine (C=N–C) groups is 1. The molecule has 1 heterocycles. The zero-order valence-corrected chi connectivity index (χ0v) is 17.8. The molecule has 0 aromatic heterocycles. The molecule has 1 aliphatic heterocycles. The number of carbonyl (C=O) groups excluding carboxylic acids is 2. The van der Waals surface area contributed by atoms with E-state index in [1.54, 1.807) is 23.1 Å². The Morgan fingerprint density at radius 2 is 1.68 bits per heavy atom. The van der Waals surface area contributed by atoms with E-state index in [1.165, 1.54) is 24.3 Å². The summed E-state index contributed by atoms with van der Waals surface area (Å²) in [5.41, 5.74) is 8.21. The number of benzene rings is 4. The quantitative estimate of drug-likeness (QED) is 0.355. The monoisotopic (exact) mass is 450 g/mol. The van der Waals surface area contributed by atoms with Crippen LogP contribution in [0.5, 0.6) is 0 Å². The van der Waals surface area contributed by atoms with Gasteiger partial charge < -0.3 is 10.6 Å². The van der Waals surface area contributed by atoms with Crippen molar-refractivity contribution in [2.45, 2.75) is 6.54 Å². The number of rotatable bonds is 5. The van der Waals surface area contributed by atoms with Crippen molar-refractivity contribution >= 4 is 45.4 Å². The number of nitrogens with zero attached hydrogens (tertiary/aromatic N) is 3. The molecular weight excluding hydrogens is 432 g/mol. The van der Waals surface area contributed by atoms with Crippen LogP contribution in [0.15, 0.2) is 89.9 Å². The van der Waals surface area contributed by atoms with E-state index >= 15 is 0 Å². The maximum absolute atomic E-state index is 13.5. The highest BCUT2D eigenvalue weighted by atomic mass is 16.6. The number of carbonyl (C=O) groups is 2. The fraction of sp³-hybridized carbons (Fsp3) is 0.0385. The van der Waals surface area contributed by atoms with Crippen LogP contribution < -0.4 is 10.6 Å². The average Bonchev–Trinajstić information content (AvgIpc) is 3.09. The zero-order chi connectivity index (χ0) is 23.8. The fourth-order valence-corrected chi connectivity index (χ4v) is 4.03. The topological polar surface area (TPSA) is 119 Å². The summed E-state index contributed by atoms with van der Waals surface area (Å²) in [7, 11) is 0. The van der Waals surface area contributed by atoms with E-state index < -0.39 is 10.8 Å². The molecule has 1 aliphatic rings. The molecule has 166 valence electrons. The minimum absolute atomic E-state index is 0.0731. The van der Waals surface area contributed by atoms with E-state index in [0.717, 1.165) is 16.3 Å². The molecule has 5 rings (SSSR count). The van der Waals surface area contributed by atoms with Gasteiger partial charge in [0, 0.05) is 23.3 Å². The van der Waals surface area contributed by atoms with Gasteiger partial charge in [-0.3, -0.25) is 19.7 Å². The Morgan fingerprint density at radius 3 is 2.38 bits per heavy atom. The van der Waals surface area contributed by atoms with Crippen molar-refractivity contribution in [3.8, 4) is 0 Å². The third kappa shape index (κ3) is 3.77. The van der Waals surface area contributed by atoms with E-state index in [2.05, 4.69) is 4.99 Å². The Morgan fingerprint density at radius 1 is 0.941 bits per heavy atom. The average molecular weight is 450 g/mol. The molecule has 8 heteroatoms. The summed E-state index contributed by atoms with van der Waals surface area (Å²) in [5, 5.41) is 13.1. The molecule has 0 fully saturated rings. The predicted molar refractivity (Wildman–Crippen MR) is 129 cm³/mol. The number of primary amides is 1. The molecule has 0 atom stereocenters. The predicted octanol–water partition coefficient (Wildman–Crippen LogP) is 4.51. The molecule has 2 amide bonds. The van der Waals surface area contributed by atoms with Crippen LogP contribution in [0, 0.1) is 10.1 Å². The number of amides is 2. The van der Waals surface area contributed by atoms with Crippen molar-refractivity contribution in [1.82, 2.24) is 0 Å². The number of hydrogen-bond acceptors (Lipinski definition) is 5. The van der Waals surface area contributed by atoms with Gasteiger partial charge in [0.15, 0.2) is 0 Å². The van der Waals surface area contributed by atoms with Crippen LogP contribution >= 0.6 is 0 Å². The zero-order valence-electron chi connectivity index (χ0n) is 17.8. The molecule has 0 spiro atoms. The number of nitrogens with two attached hydrogens (primary N) is 1. The van der Waals surface area contributed by atoms with Gasteiger partial charge in [0.25, 0.3) is 11.6 Å². The van der Waals surface area contributed by atoms with Crippen LogP contribution in [0.1, 0.15) is 21.5 Å². The van der Waals surface area contributed by atoms with Crippen LogP contribution in [0.25, 0.3) is 10.8 Å². The summed E-state index contributed by atoms with van der Waals surface area (Å²) in [4.78, 5) is 41.7. The first-order valence-corrected chi connectivity index (χ1v) is 10.5. The molecule has 4 aromatic rings. The summed E-state index contributed by atoms with van der Waals surface area (Å²) in [5.74, 6) is -0.943. The summed E-state index contributed by atoms with van der Waals surface area (Å²) in [6, 6.07) is 24.4. The Kier molecular flexibility index (Phi) is 5.10. The van der Waals surface area contributed by atoms with Gasteiger partial charge in [0.1, 0.15) is 5.71 Å². The molecule has 2 N–H and O–H groups in total. The van der Waals surface area contributed by atoms with Crippen LogP contribution in [0.4, 0.5) is 17.1 Å². The number of non-ortho nitro benzene ring substituents is 1. The second-order valence-electron chi connectivity index (χ2n) is 7.90. The van der Waals surface area contributed by atoms with Gasteiger partial charge in [0.05, 0.1) is 22.8 Å². The Balaban J connectivity index is 1.56. The standard InChI is InChI=1S/C26H18N4O4/c27-25(31)19-7-12-23-22(14-19)24(28-20-8-10-21(11-9-20)30(33)34)26(32)29(23)15-16-5-6-17-3-1-2-4-18(17)13-16/h1-14H,15H2,(H2,27,31). The van der Waals surface area contributed by atoms with Crippen LogP contribution in [-0.2, 0) is 11.3 Å². The molecule has 0 radical (unpaired) electrons. The van der Waals surface area contributed by atoms with Gasteiger partial charge in [0.2, 0.25) is 5.91 Å². The Labute approximate surface area is 194 Å². The number of anilines is 1. The lowest BCUT2D eigenvalue weighted by Gasteiger charge is -2.17. The molecule has 4 aromatic carbocycles. The van der Waals surface area contributed by atoms with Gasteiger partial charge in [-0.05, 0) is 52.7 Å². The lowest BCUT2D eigenvalue weighted by atomic mass is 10.1. The van der Waals surface area contributed by atoms with Crippen molar-refractivity contribution in [1.29, 1.82) is 0 Å². The SMILES string of the molecule is NC(=O)c1ccc2c(c1)C(=Nc1ccc([N+](=O)[O-])cc1)C(=O)N2Cc1ccc2ccccc2c1. The molecule has 34 heavy (non-hydrogen) atoms. The lowest BCUT2D eigenvalue weighted by Crippen LogP contribution is -2.29. The smallest absolute Gasteiger partial charge is 0.277 e. The number of fused-ring (bicyclic) bond motifs is 2. The summed E-state index contributed by atoms with van der Waals surface area (Å²) in [6.45, 7) is 0.311. The normalized spacial score (nSPS) is 13.9. The lowest BCUT2D eigenvalue weighted by molar-refractivity contribution is -0.384. The van der Waals surface area contributed by atoms with Crippen molar-refractivity contribution in [2.24, 2.45) is 10.7 Å². The summed E-state index contributed by atoms with van der Waals surface area (Å²) in [6.07, 6.45) is 0. The molecule has 0 saturated carbocycles. The summed E-state index contributed by atoms with van der Waals surface area (Å²) >= 11 is 0. The number of hydrogen-bond donors (Lipinski definition) is 1. The Hall–Kier alpha value is -4.85. The third-order valence-corrected chi connectivity index (χ3v) is 5.73. The van der Waals surface area contributed by atoms with Gasteiger partial charge >= 0.3 is 0 Å². The maximum atomic E-state index is 13.5. The maximum Gasteiger partial charge on any atom is 0.277 e. The van der Waals surface area contributed by atoms with E-state index in [9.17, 15) is 19.7 Å². The first kappa shape index (κ1) is 21.0. The third-order valence-electron chi connectivity index (χ3n) is 5.73. The largest absolute Gasteiger partial charge is 0.366 e. The summed E-state index contributed by atoms with van der Waals surface area (Å²) < 4.78 is 0. The molecule has 0 saturated heterocycles. The number of nitro benzene ring substituents is 1. The van der Waals surface area contributed by atoms with Crippen molar-refractivity contribution in [3.05, 3.63) is 112 Å². The van der Waals surface area contributed by atoms with Gasteiger partial charge in [-0.2, -0.15) is 0 Å². The molecule has 8 nitrogen and oxygen atoms in total. The molecule has 0 aliphatic carbocycles. The second-order valence-corrected chi connectivity index (χ2v) is 7.90. The Bertz CT molecular complexity index is 1510. The van der Waals surface area contributed by atoms with Gasteiger partial charge in [-0.1, -0.05) is 36.4 Å². The van der Waals surface area contributed by atoms with E-state index in [4.69, 9.17) is 5.73 Å². The molecule has 0 unspecified atom stereocenters. The van der Waals surface area contributed by atoms with E-state index in [1.807, 2.05) is 42.5 Å². The van der Waals surface area contributed by atoms with E-state index in [-0.39, 0.29) is 22.9 Å². The highest BCUT2D eigenvalue weighted by molar-refractivity contribution is 6.54. The first-order valence-electron chi connectivity index (χ1n) is 10.5. The van der Waals surface area contributed by atoms with Gasteiger partial charge in [-0.15, -0.1) is 0 Å². The van der Waals surface area contributed by atoms with Gasteiger partial charge in [-0.25, -0.2) is 4.99 Å². The van der Waals surface area contributed by atoms with Crippen LogP contribution in [0.3, 0.4) is 0 Å². The highest BCUT2D eigenvalue weighted by Gasteiger charge is 2.34. The number of nitro groups is 1. The van der Waals surface area contributed by atoms with E-state index in [0.29, 0.717) is 23.5 Å². The van der Waals surface area contributed by atoms with Crippen molar-refractivity contribution in [3.63, 3.8) is 0 Å². The molecule has 0 bridgehead atoms.